The molecule has 2 fully saturated rings. The number of imide groups is 1. The van der Waals surface area contributed by atoms with E-state index in [4.69, 9.17) is 4.74 Å². The molecule has 4 nitrogen and oxygen atoms in total. The molecule has 5 rings (SSSR count). The summed E-state index contributed by atoms with van der Waals surface area (Å²) in [5.74, 6) is 1.76. The Morgan fingerprint density at radius 3 is 2.76 bits per heavy atom. The molecular formula is C25H27NO3. The zero-order valence-electron chi connectivity index (χ0n) is 16.8. The van der Waals surface area contributed by atoms with Crippen LogP contribution in [0, 0.1) is 17.3 Å². The Kier molecular flexibility index (Phi) is 4.45. The second-order valence-electron chi connectivity index (χ2n) is 9.09. The summed E-state index contributed by atoms with van der Waals surface area (Å²) in [6.45, 7) is 2.63. The molecule has 1 saturated carbocycles. The summed E-state index contributed by atoms with van der Waals surface area (Å²) < 4.78 is 6.03. The lowest BCUT2D eigenvalue weighted by atomic mass is 9.52. The predicted molar refractivity (Wildman–Crippen MR) is 110 cm³/mol. The Morgan fingerprint density at radius 1 is 1.10 bits per heavy atom. The van der Waals surface area contributed by atoms with Crippen molar-refractivity contribution in [2.45, 2.75) is 51.6 Å². The van der Waals surface area contributed by atoms with Crippen molar-refractivity contribution in [3.8, 4) is 5.75 Å². The Labute approximate surface area is 171 Å². The van der Waals surface area contributed by atoms with Gasteiger partial charge in [-0.05, 0) is 72.3 Å². The highest BCUT2D eigenvalue weighted by molar-refractivity contribution is 6.01. The maximum absolute atomic E-state index is 12.6. The summed E-state index contributed by atoms with van der Waals surface area (Å²) in [5, 5.41) is 2.57. The Balaban J connectivity index is 1.36. The van der Waals surface area contributed by atoms with E-state index in [9.17, 15) is 9.59 Å². The van der Waals surface area contributed by atoms with Crippen LogP contribution in [0.25, 0.3) is 0 Å². The summed E-state index contributed by atoms with van der Waals surface area (Å²) in [6, 6.07) is 16.7. The molecule has 2 aromatic rings. The van der Waals surface area contributed by atoms with Crippen LogP contribution in [0.4, 0.5) is 0 Å². The van der Waals surface area contributed by atoms with Gasteiger partial charge in [0.15, 0.2) is 0 Å². The average molecular weight is 389 g/mol. The molecule has 0 spiro atoms. The van der Waals surface area contributed by atoms with Crippen LogP contribution >= 0.6 is 0 Å². The molecule has 4 unspecified atom stereocenters. The van der Waals surface area contributed by atoms with Crippen molar-refractivity contribution in [1.82, 2.24) is 5.32 Å². The maximum Gasteiger partial charge on any atom is 0.232 e. The van der Waals surface area contributed by atoms with Crippen molar-refractivity contribution in [2.24, 2.45) is 17.3 Å². The molecule has 4 heteroatoms. The van der Waals surface area contributed by atoms with Crippen molar-refractivity contribution in [2.75, 3.05) is 0 Å². The van der Waals surface area contributed by atoms with Crippen LogP contribution in [0.15, 0.2) is 48.5 Å². The normalized spacial score (nSPS) is 30.6. The van der Waals surface area contributed by atoms with Gasteiger partial charge < -0.3 is 4.74 Å². The molecule has 2 amide bonds. The van der Waals surface area contributed by atoms with Crippen LogP contribution in [0.1, 0.15) is 55.2 Å². The molecule has 2 aromatic carbocycles. The smallest absolute Gasteiger partial charge is 0.232 e. The van der Waals surface area contributed by atoms with Gasteiger partial charge in [-0.2, -0.15) is 0 Å². The fourth-order valence-corrected chi connectivity index (χ4v) is 5.89. The number of piperidine rings is 1. The van der Waals surface area contributed by atoms with Gasteiger partial charge in [0, 0.05) is 6.42 Å². The third-order valence-corrected chi connectivity index (χ3v) is 7.51. The molecule has 150 valence electrons. The highest BCUT2D eigenvalue weighted by atomic mass is 16.5. The van der Waals surface area contributed by atoms with E-state index < -0.39 is 5.41 Å². The fourth-order valence-electron chi connectivity index (χ4n) is 5.89. The number of carbonyl (C=O) groups excluding carboxylic acids is 2. The Bertz CT molecular complexity index is 954. The first kappa shape index (κ1) is 18.4. The number of nitrogens with one attached hydrogen (secondary N) is 1. The van der Waals surface area contributed by atoms with E-state index in [1.54, 1.807) is 0 Å². The zero-order chi connectivity index (χ0) is 20.0. The summed E-state index contributed by atoms with van der Waals surface area (Å²) in [6.07, 6.45) is 4.37. The molecule has 3 aliphatic rings. The number of hydrogen-bond acceptors (Lipinski definition) is 3. The van der Waals surface area contributed by atoms with E-state index in [0.717, 1.165) is 37.0 Å². The van der Waals surface area contributed by atoms with Crippen LogP contribution in [-0.2, 0) is 22.6 Å². The highest BCUT2D eigenvalue weighted by Gasteiger charge is 2.54. The zero-order valence-corrected chi connectivity index (χ0v) is 16.8. The summed E-state index contributed by atoms with van der Waals surface area (Å²) in [7, 11) is 0. The third kappa shape index (κ3) is 3.15. The molecule has 0 aromatic heterocycles. The molecule has 4 atom stereocenters. The van der Waals surface area contributed by atoms with E-state index in [-0.39, 0.29) is 17.7 Å². The number of amides is 2. The monoisotopic (exact) mass is 389 g/mol. The van der Waals surface area contributed by atoms with E-state index in [2.05, 4.69) is 42.6 Å². The maximum atomic E-state index is 12.6. The van der Waals surface area contributed by atoms with E-state index in [1.165, 1.54) is 11.1 Å². The number of rotatable bonds is 3. The van der Waals surface area contributed by atoms with Crippen LogP contribution in [0.5, 0.6) is 5.75 Å². The second kappa shape index (κ2) is 7.01. The van der Waals surface area contributed by atoms with Crippen molar-refractivity contribution < 1.29 is 14.3 Å². The quantitative estimate of drug-likeness (QED) is 0.793. The number of hydrogen-bond donors (Lipinski definition) is 1. The predicted octanol–water partition coefficient (Wildman–Crippen LogP) is 4.37. The van der Waals surface area contributed by atoms with Crippen LogP contribution in [0.2, 0.25) is 0 Å². The van der Waals surface area contributed by atoms with Gasteiger partial charge in [0.25, 0.3) is 0 Å². The molecule has 2 aliphatic carbocycles. The summed E-state index contributed by atoms with van der Waals surface area (Å²) in [4.78, 5) is 24.6. The average Bonchev–Trinajstić information content (AvgIpc) is 2.73. The minimum atomic E-state index is -0.398. The van der Waals surface area contributed by atoms with Crippen molar-refractivity contribution in [1.29, 1.82) is 0 Å². The molecule has 1 heterocycles. The highest BCUT2D eigenvalue weighted by Crippen LogP contribution is 2.57. The molecule has 29 heavy (non-hydrogen) atoms. The molecular weight excluding hydrogens is 362 g/mol. The lowest BCUT2D eigenvalue weighted by Crippen LogP contribution is -2.57. The Hall–Kier alpha value is -2.62. The Morgan fingerprint density at radius 2 is 1.93 bits per heavy atom. The fraction of sp³-hybridized carbons (Fsp3) is 0.440. The minimum absolute atomic E-state index is 0.0624. The van der Waals surface area contributed by atoms with Gasteiger partial charge in [-0.15, -0.1) is 0 Å². The van der Waals surface area contributed by atoms with E-state index in [1.807, 2.05) is 18.2 Å². The topological polar surface area (TPSA) is 55.4 Å². The molecule has 1 saturated heterocycles. The van der Waals surface area contributed by atoms with Crippen LogP contribution in [-0.4, -0.2) is 11.8 Å². The van der Waals surface area contributed by atoms with E-state index in [0.29, 0.717) is 24.9 Å². The third-order valence-electron chi connectivity index (χ3n) is 7.51. The minimum Gasteiger partial charge on any atom is -0.489 e. The molecule has 1 aliphatic heterocycles. The van der Waals surface area contributed by atoms with E-state index >= 15 is 0 Å². The van der Waals surface area contributed by atoms with Crippen molar-refractivity contribution >= 4 is 11.8 Å². The van der Waals surface area contributed by atoms with Gasteiger partial charge in [0.1, 0.15) is 12.4 Å². The van der Waals surface area contributed by atoms with Gasteiger partial charge in [-0.3, -0.25) is 14.9 Å². The SMILES string of the molecule is CC12CCC3c4ccc(OCc5ccccc5)cc4CCC3C1CC(=O)NC2=O. The van der Waals surface area contributed by atoms with Crippen LogP contribution in [0.3, 0.4) is 0 Å². The van der Waals surface area contributed by atoms with Crippen LogP contribution < -0.4 is 10.1 Å². The standard InChI is InChI=1S/C25H27NO3/c1-25-12-11-20-19-10-8-18(29-15-16-5-3-2-4-6-16)13-17(19)7-9-21(20)22(25)14-23(27)26-24(25)28/h2-6,8,10,13,20-22H,7,9,11-12,14-15H2,1H3,(H,26,27,28). The number of aryl methyl sites for hydroxylation is 1. The first-order valence-corrected chi connectivity index (χ1v) is 10.7. The largest absolute Gasteiger partial charge is 0.489 e. The summed E-state index contributed by atoms with van der Waals surface area (Å²) in [5.41, 5.74) is 3.53. The first-order chi connectivity index (χ1) is 14.0. The first-order valence-electron chi connectivity index (χ1n) is 10.7. The molecule has 0 bridgehead atoms. The number of carbonyl (C=O) groups is 2. The van der Waals surface area contributed by atoms with Crippen molar-refractivity contribution in [3.63, 3.8) is 0 Å². The van der Waals surface area contributed by atoms with Gasteiger partial charge >= 0.3 is 0 Å². The molecule has 0 radical (unpaired) electrons. The number of benzene rings is 2. The lowest BCUT2D eigenvalue weighted by molar-refractivity contribution is -0.151. The second-order valence-corrected chi connectivity index (χ2v) is 9.09. The summed E-state index contributed by atoms with van der Waals surface area (Å²) >= 11 is 0. The van der Waals surface area contributed by atoms with Crippen molar-refractivity contribution in [3.05, 3.63) is 65.2 Å². The van der Waals surface area contributed by atoms with Gasteiger partial charge in [-0.25, -0.2) is 0 Å². The van der Waals surface area contributed by atoms with Gasteiger partial charge in [0.2, 0.25) is 11.8 Å². The lowest BCUT2D eigenvalue weighted by Gasteiger charge is -2.52. The number of ether oxygens (including phenoxy) is 1. The molecule has 1 N–H and O–H groups in total. The number of fused-ring (bicyclic) bond motifs is 5. The van der Waals surface area contributed by atoms with Gasteiger partial charge in [-0.1, -0.05) is 43.3 Å². The van der Waals surface area contributed by atoms with Gasteiger partial charge in [0.05, 0.1) is 5.41 Å².